The summed E-state index contributed by atoms with van der Waals surface area (Å²) in [6.07, 6.45) is -11.1. The molecule has 0 bridgehead atoms. The van der Waals surface area contributed by atoms with Crippen LogP contribution < -0.4 is 5.56 Å². The van der Waals surface area contributed by atoms with E-state index < -0.39 is 40.8 Å². The number of benzene rings is 1. The second-order valence-electron chi connectivity index (χ2n) is 4.30. The molecule has 2 aromatic rings. The average molecular weight is 342 g/mol. The molecule has 0 saturated heterocycles. The van der Waals surface area contributed by atoms with E-state index in [0.717, 1.165) is 24.3 Å². The van der Waals surface area contributed by atoms with E-state index in [4.69, 9.17) is 0 Å². The number of carbonyl (C=O) groups excluding carboxylic acids is 1. The van der Waals surface area contributed by atoms with Gasteiger partial charge >= 0.3 is 12.4 Å². The largest absolute Gasteiger partial charge is 0.455 e. The van der Waals surface area contributed by atoms with Crippen molar-refractivity contribution in [3.05, 3.63) is 51.7 Å². The van der Waals surface area contributed by atoms with E-state index in [1.54, 1.807) is 0 Å². The molecule has 1 aromatic carbocycles. The second-order valence-corrected chi connectivity index (χ2v) is 4.30. The zero-order valence-corrected chi connectivity index (χ0v) is 10.7. The summed E-state index contributed by atoms with van der Waals surface area (Å²) in [5.74, 6) is -3.71. The van der Waals surface area contributed by atoms with Crippen molar-refractivity contribution in [2.75, 3.05) is 0 Å². The fraction of sp³-hybridized carbons (Fsp3) is 0.167. The molecule has 0 saturated carbocycles. The summed E-state index contributed by atoms with van der Waals surface area (Å²) in [5.41, 5.74) is -6.42. The SMILES string of the molecule is O=C(c1c(C(F)(F)F)[nH]n(-c2ccc(F)cc2)c1=O)C(F)(F)F. The maximum Gasteiger partial charge on any atom is 0.455 e. The third-order valence-corrected chi connectivity index (χ3v) is 2.74. The van der Waals surface area contributed by atoms with Gasteiger partial charge in [0.1, 0.15) is 11.4 Å². The monoisotopic (exact) mass is 342 g/mol. The molecule has 0 aliphatic rings. The van der Waals surface area contributed by atoms with Gasteiger partial charge in [0, 0.05) is 0 Å². The van der Waals surface area contributed by atoms with Gasteiger partial charge in [0.2, 0.25) is 0 Å². The normalized spacial score (nSPS) is 12.5. The van der Waals surface area contributed by atoms with E-state index in [1.807, 2.05) is 0 Å². The molecule has 0 aliphatic heterocycles. The van der Waals surface area contributed by atoms with Crippen LogP contribution in [0.1, 0.15) is 16.1 Å². The zero-order chi connectivity index (χ0) is 17.6. The summed E-state index contributed by atoms with van der Waals surface area (Å²) >= 11 is 0. The fourth-order valence-corrected chi connectivity index (χ4v) is 1.77. The number of alkyl halides is 6. The van der Waals surface area contributed by atoms with Crippen LogP contribution >= 0.6 is 0 Å². The first-order valence-corrected chi connectivity index (χ1v) is 5.72. The van der Waals surface area contributed by atoms with Crippen LogP contribution in [-0.4, -0.2) is 21.7 Å². The van der Waals surface area contributed by atoms with Crippen LogP contribution in [0.5, 0.6) is 0 Å². The maximum absolute atomic E-state index is 12.8. The van der Waals surface area contributed by atoms with Crippen LogP contribution in [0.25, 0.3) is 5.69 Å². The molecule has 2 rings (SSSR count). The van der Waals surface area contributed by atoms with Crippen LogP contribution in [0.4, 0.5) is 30.7 Å². The van der Waals surface area contributed by atoms with Gasteiger partial charge in [-0.1, -0.05) is 0 Å². The summed E-state index contributed by atoms with van der Waals surface area (Å²) < 4.78 is 88.5. The number of carbonyl (C=O) groups is 1. The quantitative estimate of drug-likeness (QED) is 0.674. The molecule has 0 amide bonds. The molecule has 0 fully saturated rings. The van der Waals surface area contributed by atoms with E-state index in [0.29, 0.717) is 0 Å². The molecule has 11 heteroatoms. The lowest BCUT2D eigenvalue weighted by Crippen LogP contribution is -2.31. The molecule has 124 valence electrons. The molecule has 0 atom stereocenters. The van der Waals surface area contributed by atoms with Crippen LogP contribution in [0.3, 0.4) is 0 Å². The molecule has 0 spiro atoms. The molecule has 1 aromatic heterocycles. The molecule has 1 heterocycles. The number of Topliss-reactive ketones (excluding diaryl/α,β-unsaturated/α-hetero) is 1. The van der Waals surface area contributed by atoms with E-state index >= 15 is 0 Å². The van der Waals surface area contributed by atoms with Crippen molar-refractivity contribution in [3.8, 4) is 5.69 Å². The summed E-state index contributed by atoms with van der Waals surface area (Å²) in [6, 6.07) is 3.27. The third-order valence-electron chi connectivity index (χ3n) is 2.74. The summed E-state index contributed by atoms with van der Waals surface area (Å²) in [7, 11) is 0. The molecular weight excluding hydrogens is 337 g/mol. The lowest BCUT2D eigenvalue weighted by atomic mass is 10.1. The molecule has 1 N–H and O–H groups in total. The highest BCUT2D eigenvalue weighted by atomic mass is 19.4. The number of rotatable bonds is 2. The average Bonchev–Trinajstić information content (AvgIpc) is 2.75. The lowest BCUT2D eigenvalue weighted by molar-refractivity contribution is -0.142. The predicted molar refractivity (Wildman–Crippen MR) is 61.7 cm³/mol. The highest BCUT2D eigenvalue weighted by Crippen LogP contribution is 2.32. The Hall–Kier alpha value is -2.59. The third kappa shape index (κ3) is 3.12. The highest BCUT2D eigenvalue weighted by molar-refractivity contribution is 6.01. The first-order valence-electron chi connectivity index (χ1n) is 5.72. The maximum atomic E-state index is 12.8. The number of nitrogens with zero attached hydrogens (tertiary/aromatic N) is 1. The first kappa shape index (κ1) is 16.8. The molecule has 0 aliphatic carbocycles. The van der Waals surface area contributed by atoms with Gasteiger partial charge in [-0.25, -0.2) is 9.07 Å². The van der Waals surface area contributed by atoms with Gasteiger partial charge < -0.3 is 0 Å². The molecule has 4 nitrogen and oxygen atoms in total. The van der Waals surface area contributed by atoms with Crippen LogP contribution in [0.2, 0.25) is 0 Å². The standard InChI is InChI=1S/C12H5F7N2O2/c13-5-1-3-6(4-2-5)21-10(23)7(9(22)12(17,18)19)8(20-21)11(14,15)16/h1-4,20H. The van der Waals surface area contributed by atoms with Crippen molar-refractivity contribution >= 4 is 5.78 Å². The van der Waals surface area contributed by atoms with Gasteiger partial charge in [0.25, 0.3) is 11.3 Å². The molecule has 0 unspecified atom stereocenters. The van der Waals surface area contributed by atoms with Crippen LogP contribution in [0, 0.1) is 5.82 Å². The number of ketones is 1. The topological polar surface area (TPSA) is 54.9 Å². The van der Waals surface area contributed by atoms with Gasteiger partial charge in [-0.05, 0) is 24.3 Å². The minimum atomic E-state index is -5.66. The number of H-pyrrole nitrogens is 1. The number of aromatic amines is 1. The Labute approximate surface area is 122 Å². The van der Waals surface area contributed by atoms with Crippen molar-refractivity contribution in [2.45, 2.75) is 12.4 Å². The van der Waals surface area contributed by atoms with Gasteiger partial charge in [-0.3, -0.25) is 14.7 Å². The molecule has 0 radical (unpaired) electrons. The number of aromatic nitrogens is 2. The van der Waals surface area contributed by atoms with Crippen molar-refractivity contribution in [1.29, 1.82) is 0 Å². The Bertz CT molecular complexity index is 797. The predicted octanol–water partition coefficient (Wildman–Crippen LogP) is 3.07. The summed E-state index contributed by atoms with van der Waals surface area (Å²) in [6.45, 7) is 0. The van der Waals surface area contributed by atoms with E-state index in [1.165, 1.54) is 5.10 Å². The Morgan fingerprint density at radius 1 is 1.00 bits per heavy atom. The number of hydrogen-bond acceptors (Lipinski definition) is 2. The lowest BCUT2D eigenvalue weighted by Gasteiger charge is -2.07. The van der Waals surface area contributed by atoms with E-state index in [-0.39, 0.29) is 10.4 Å². The van der Waals surface area contributed by atoms with Gasteiger partial charge in [-0.15, -0.1) is 0 Å². The molecule has 23 heavy (non-hydrogen) atoms. The van der Waals surface area contributed by atoms with Crippen molar-refractivity contribution in [1.82, 2.24) is 9.78 Å². The Morgan fingerprint density at radius 3 is 1.96 bits per heavy atom. The van der Waals surface area contributed by atoms with Crippen molar-refractivity contribution in [2.24, 2.45) is 0 Å². The van der Waals surface area contributed by atoms with E-state index in [2.05, 4.69) is 0 Å². The second kappa shape index (κ2) is 5.25. The smallest absolute Gasteiger partial charge is 0.286 e. The van der Waals surface area contributed by atoms with Crippen molar-refractivity contribution in [3.63, 3.8) is 0 Å². The minimum Gasteiger partial charge on any atom is -0.286 e. The van der Waals surface area contributed by atoms with Gasteiger partial charge in [0.05, 0.1) is 5.69 Å². The Balaban J connectivity index is 2.74. The van der Waals surface area contributed by atoms with Crippen LogP contribution in [-0.2, 0) is 6.18 Å². The highest BCUT2D eigenvalue weighted by Gasteiger charge is 2.48. The van der Waals surface area contributed by atoms with Gasteiger partial charge in [0.15, 0.2) is 5.69 Å². The Morgan fingerprint density at radius 2 is 1.52 bits per heavy atom. The van der Waals surface area contributed by atoms with Crippen molar-refractivity contribution < 1.29 is 35.5 Å². The van der Waals surface area contributed by atoms with Gasteiger partial charge in [-0.2, -0.15) is 26.3 Å². The summed E-state index contributed by atoms with van der Waals surface area (Å²) in [4.78, 5) is 23.0. The Kier molecular flexibility index (Phi) is 3.83. The minimum absolute atomic E-state index is 0.0846. The molecular formula is C12H5F7N2O2. The number of hydrogen-bond donors (Lipinski definition) is 1. The van der Waals surface area contributed by atoms with Crippen LogP contribution in [0.15, 0.2) is 29.1 Å². The summed E-state index contributed by atoms with van der Waals surface area (Å²) in [5, 5.41) is 1.41. The fourth-order valence-electron chi connectivity index (χ4n) is 1.77. The zero-order valence-electron chi connectivity index (χ0n) is 10.7. The van der Waals surface area contributed by atoms with E-state index in [9.17, 15) is 40.3 Å². The number of halogens is 7. The first-order chi connectivity index (χ1) is 10.4. The number of nitrogens with one attached hydrogen (secondary N) is 1.